The van der Waals surface area contributed by atoms with Gasteiger partial charge >= 0.3 is 0 Å². The molecule has 5 heteroatoms. The second-order valence-electron chi connectivity index (χ2n) is 3.62. The van der Waals surface area contributed by atoms with E-state index >= 15 is 0 Å². The van der Waals surface area contributed by atoms with Crippen LogP contribution in [0.4, 0.5) is 0 Å². The van der Waals surface area contributed by atoms with Crippen molar-refractivity contribution in [1.29, 1.82) is 0 Å². The van der Waals surface area contributed by atoms with Gasteiger partial charge in [-0.2, -0.15) is 0 Å². The Bertz CT molecular complexity index is 579. The van der Waals surface area contributed by atoms with E-state index in [4.69, 9.17) is 11.6 Å². The number of fused-ring (bicyclic) bond motifs is 1. The van der Waals surface area contributed by atoms with Crippen molar-refractivity contribution >= 4 is 22.5 Å². The highest BCUT2D eigenvalue weighted by Crippen LogP contribution is 2.15. The minimum absolute atomic E-state index is 0.00363. The first kappa shape index (κ1) is 11.1. The van der Waals surface area contributed by atoms with E-state index in [0.29, 0.717) is 21.7 Å². The maximum absolute atomic E-state index is 11.8. The number of hydrogen-bond donors (Lipinski definition) is 2. The van der Waals surface area contributed by atoms with Crippen LogP contribution in [0.25, 0.3) is 10.9 Å². The summed E-state index contributed by atoms with van der Waals surface area (Å²) in [5.74, 6) is 0.613. The number of aromatic nitrogens is 2. The number of nitrogens with one attached hydrogen (secondary N) is 2. The lowest BCUT2D eigenvalue weighted by Crippen LogP contribution is -2.20. The highest BCUT2D eigenvalue weighted by atomic mass is 35.5. The first-order valence-electron chi connectivity index (χ1n) is 4.98. The molecule has 1 unspecified atom stereocenters. The average molecular weight is 238 g/mol. The normalized spacial score (nSPS) is 12.9. The van der Waals surface area contributed by atoms with Crippen LogP contribution >= 0.6 is 11.6 Å². The van der Waals surface area contributed by atoms with Crippen LogP contribution in [-0.4, -0.2) is 17.0 Å². The van der Waals surface area contributed by atoms with Crippen molar-refractivity contribution in [2.45, 2.75) is 13.0 Å². The highest BCUT2D eigenvalue weighted by molar-refractivity contribution is 6.31. The maximum Gasteiger partial charge on any atom is 0.258 e. The summed E-state index contributed by atoms with van der Waals surface area (Å²) >= 11 is 5.87. The maximum atomic E-state index is 11.8. The molecule has 0 spiro atoms. The van der Waals surface area contributed by atoms with Gasteiger partial charge in [0.05, 0.1) is 16.9 Å². The zero-order valence-electron chi connectivity index (χ0n) is 9.04. The van der Waals surface area contributed by atoms with Gasteiger partial charge < -0.3 is 10.3 Å². The summed E-state index contributed by atoms with van der Waals surface area (Å²) in [6.07, 6.45) is 0. The smallest absolute Gasteiger partial charge is 0.258 e. The molecule has 84 valence electrons. The fraction of sp³-hybridized carbons (Fsp3) is 0.273. The molecule has 0 aliphatic heterocycles. The third-order valence-corrected chi connectivity index (χ3v) is 2.77. The largest absolute Gasteiger partial charge is 0.311 e. The number of aromatic amines is 1. The summed E-state index contributed by atoms with van der Waals surface area (Å²) < 4.78 is 0. The Morgan fingerprint density at radius 2 is 2.25 bits per heavy atom. The second-order valence-corrected chi connectivity index (χ2v) is 4.06. The van der Waals surface area contributed by atoms with Gasteiger partial charge in [-0.3, -0.25) is 4.79 Å². The molecular formula is C11H12ClN3O. The van der Waals surface area contributed by atoms with Gasteiger partial charge in [0.2, 0.25) is 0 Å². The standard InChI is InChI=1S/C11H12ClN3O/c1-6(13-2)10-14-9-5-7(12)3-4-8(9)11(16)15-10/h3-6,13H,1-2H3,(H,14,15,16). The monoisotopic (exact) mass is 237 g/mol. The number of halogens is 1. The molecule has 2 rings (SSSR count). The highest BCUT2D eigenvalue weighted by Gasteiger charge is 2.08. The minimum atomic E-state index is -0.140. The minimum Gasteiger partial charge on any atom is -0.311 e. The molecule has 1 aromatic carbocycles. The topological polar surface area (TPSA) is 57.8 Å². The summed E-state index contributed by atoms with van der Waals surface area (Å²) in [4.78, 5) is 18.9. The van der Waals surface area contributed by atoms with Crippen LogP contribution in [0.1, 0.15) is 18.8 Å². The first-order valence-corrected chi connectivity index (χ1v) is 5.36. The lowest BCUT2D eigenvalue weighted by molar-refractivity contribution is 0.611. The summed E-state index contributed by atoms with van der Waals surface area (Å²) in [5, 5.41) is 4.15. The van der Waals surface area contributed by atoms with Crippen molar-refractivity contribution in [2.75, 3.05) is 7.05 Å². The Kier molecular flexibility index (Phi) is 2.94. The Morgan fingerprint density at radius 1 is 1.50 bits per heavy atom. The van der Waals surface area contributed by atoms with E-state index < -0.39 is 0 Å². The molecule has 0 saturated carbocycles. The van der Waals surface area contributed by atoms with E-state index in [0.717, 1.165) is 0 Å². The summed E-state index contributed by atoms with van der Waals surface area (Å²) in [7, 11) is 1.81. The van der Waals surface area contributed by atoms with E-state index in [1.807, 2.05) is 14.0 Å². The fourth-order valence-electron chi connectivity index (χ4n) is 1.47. The Balaban J connectivity index is 2.70. The van der Waals surface area contributed by atoms with Crippen molar-refractivity contribution in [1.82, 2.24) is 15.3 Å². The van der Waals surface area contributed by atoms with Gasteiger partial charge in [0.15, 0.2) is 0 Å². The predicted octanol–water partition coefficient (Wildman–Crippen LogP) is 1.86. The Labute approximate surface area is 97.7 Å². The molecule has 1 aromatic heterocycles. The Hall–Kier alpha value is -1.39. The van der Waals surface area contributed by atoms with E-state index in [2.05, 4.69) is 15.3 Å². The third kappa shape index (κ3) is 1.94. The first-order chi connectivity index (χ1) is 7.61. The lowest BCUT2D eigenvalue weighted by Gasteiger charge is -2.09. The molecule has 0 amide bonds. The molecule has 0 aliphatic rings. The predicted molar refractivity (Wildman–Crippen MR) is 64.8 cm³/mol. The third-order valence-electron chi connectivity index (χ3n) is 2.53. The van der Waals surface area contributed by atoms with Gasteiger partial charge in [-0.05, 0) is 32.2 Å². The van der Waals surface area contributed by atoms with Crippen LogP contribution in [0.2, 0.25) is 5.02 Å². The zero-order chi connectivity index (χ0) is 11.7. The zero-order valence-corrected chi connectivity index (χ0v) is 9.80. The molecule has 0 aliphatic carbocycles. The fourth-order valence-corrected chi connectivity index (χ4v) is 1.64. The number of nitrogens with zero attached hydrogens (tertiary/aromatic N) is 1. The van der Waals surface area contributed by atoms with Crippen molar-refractivity contribution in [2.24, 2.45) is 0 Å². The SMILES string of the molecule is CNC(C)c1nc2cc(Cl)ccc2c(=O)[nH]1. The number of rotatable bonds is 2. The summed E-state index contributed by atoms with van der Waals surface area (Å²) in [5.41, 5.74) is 0.479. The summed E-state index contributed by atoms with van der Waals surface area (Å²) in [6.45, 7) is 1.93. The van der Waals surface area contributed by atoms with Gasteiger partial charge in [-0.15, -0.1) is 0 Å². The van der Waals surface area contributed by atoms with Crippen molar-refractivity contribution in [3.63, 3.8) is 0 Å². The van der Waals surface area contributed by atoms with E-state index in [1.165, 1.54) is 0 Å². The van der Waals surface area contributed by atoms with Gasteiger partial charge in [0.1, 0.15) is 5.82 Å². The van der Waals surface area contributed by atoms with E-state index in [-0.39, 0.29) is 11.6 Å². The molecule has 1 atom stereocenters. The molecule has 0 saturated heterocycles. The molecular weight excluding hydrogens is 226 g/mol. The molecule has 1 heterocycles. The van der Waals surface area contributed by atoms with E-state index in [1.54, 1.807) is 18.2 Å². The quantitative estimate of drug-likeness (QED) is 0.838. The second kappa shape index (κ2) is 4.23. The van der Waals surface area contributed by atoms with Gasteiger partial charge in [-0.1, -0.05) is 11.6 Å². The summed E-state index contributed by atoms with van der Waals surface area (Å²) in [6, 6.07) is 5.05. The molecule has 2 aromatic rings. The van der Waals surface area contributed by atoms with Crippen LogP contribution in [0, 0.1) is 0 Å². The Morgan fingerprint density at radius 3 is 2.94 bits per heavy atom. The van der Waals surface area contributed by atoms with Crippen LogP contribution in [0.3, 0.4) is 0 Å². The number of H-pyrrole nitrogens is 1. The lowest BCUT2D eigenvalue weighted by atomic mass is 10.2. The number of hydrogen-bond acceptors (Lipinski definition) is 3. The van der Waals surface area contributed by atoms with Gasteiger partial charge in [0, 0.05) is 5.02 Å². The molecule has 16 heavy (non-hydrogen) atoms. The van der Waals surface area contributed by atoms with Crippen molar-refractivity contribution in [3.05, 3.63) is 39.4 Å². The van der Waals surface area contributed by atoms with Crippen molar-refractivity contribution < 1.29 is 0 Å². The molecule has 2 N–H and O–H groups in total. The average Bonchev–Trinajstić information content (AvgIpc) is 2.27. The van der Waals surface area contributed by atoms with E-state index in [9.17, 15) is 4.79 Å². The molecule has 0 radical (unpaired) electrons. The molecule has 0 bridgehead atoms. The van der Waals surface area contributed by atoms with Crippen LogP contribution in [-0.2, 0) is 0 Å². The van der Waals surface area contributed by atoms with Crippen LogP contribution < -0.4 is 10.9 Å². The van der Waals surface area contributed by atoms with Gasteiger partial charge in [-0.25, -0.2) is 4.98 Å². The van der Waals surface area contributed by atoms with Gasteiger partial charge in [0.25, 0.3) is 5.56 Å². The molecule has 0 fully saturated rings. The van der Waals surface area contributed by atoms with Crippen LogP contribution in [0.5, 0.6) is 0 Å². The number of benzene rings is 1. The van der Waals surface area contributed by atoms with Crippen LogP contribution in [0.15, 0.2) is 23.0 Å². The van der Waals surface area contributed by atoms with Crippen molar-refractivity contribution in [3.8, 4) is 0 Å². The molecule has 4 nitrogen and oxygen atoms in total.